The average molecular weight is 177 g/mol. The summed E-state index contributed by atoms with van der Waals surface area (Å²) < 4.78 is 0. The van der Waals surface area contributed by atoms with Gasteiger partial charge in [-0.3, -0.25) is 0 Å². The molecule has 0 fully saturated rings. The van der Waals surface area contributed by atoms with Crippen molar-refractivity contribution in [3.63, 3.8) is 0 Å². The molecule has 0 aliphatic heterocycles. The maximum Gasteiger partial charge on any atom is 0 e. The van der Waals surface area contributed by atoms with Gasteiger partial charge in [0.25, 0.3) is 0 Å². The fourth-order valence-corrected chi connectivity index (χ4v) is 0. The fourth-order valence-electron chi connectivity index (χ4n) is 0. The van der Waals surface area contributed by atoms with Gasteiger partial charge < -0.3 is 0 Å². The monoisotopic (exact) mass is 174 g/mol. The summed E-state index contributed by atoms with van der Waals surface area (Å²) >= 11 is 0. The predicted octanol–water partition coefficient (Wildman–Crippen LogP) is -0.767. The zero-order valence-corrected chi connectivity index (χ0v) is 13.3. The van der Waals surface area contributed by atoms with E-state index < -0.39 is 0 Å². The maximum atomic E-state index is 0. The van der Waals surface area contributed by atoms with Crippen LogP contribution in [-0.2, 0) is 39.0 Å². The summed E-state index contributed by atoms with van der Waals surface area (Å²) in [5.41, 5.74) is 0. The van der Waals surface area contributed by atoms with E-state index in [1.54, 1.807) is 0 Å². The van der Waals surface area contributed by atoms with Crippen LogP contribution < -0.4 is 0 Å². The van der Waals surface area contributed by atoms with E-state index in [0.717, 1.165) is 0 Å². The standard InChI is InChI=1S/2Na.2Zn. The van der Waals surface area contributed by atoms with Crippen LogP contribution in [0, 0.1) is 0 Å². The van der Waals surface area contributed by atoms with E-state index in [1.807, 2.05) is 0 Å². The molecule has 0 aromatic heterocycles. The van der Waals surface area contributed by atoms with E-state index in [2.05, 4.69) is 0 Å². The summed E-state index contributed by atoms with van der Waals surface area (Å²) in [7, 11) is 0. The van der Waals surface area contributed by atoms with Gasteiger partial charge in [0.2, 0.25) is 0 Å². The van der Waals surface area contributed by atoms with Crippen molar-refractivity contribution in [3.8, 4) is 0 Å². The minimum absolute atomic E-state index is 0. The van der Waals surface area contributed by atoms with Crippen LogP contribution in [0.15, 0.2) is 0 Å². The molecule has 0 unspecified atom stereocenters. The second kappa shape index (κ2) is 16.3. The van der Waals surface area contributed by atoms with Gasteiger partial charge in [-0.1, -0.05) is 0 Å². The SMILES string of the molecule is [Na].[Na].[Zn].[Zn]. The van der Waals surface area contributed by atoms with Crippen molar-refractivity contribution in [1.82, 2.24) is 0 Å². The Morgan fingerprint density at radius 3 is 0.500 bits per heavy atom. The van der Waals surface area contributed by atoms with Crippen LogP contribution in [0.25, 0.3) is 0 Å². The van der Waals surface area contributed by atoms with Gasteiger partial charge in [0.05, 0.1) is 0 Å². The third-order valence-corrected chi connectivity index (χ3v) is 0. The van der Waals surface area contributed by atoms with Gasteiger partial charge in [-0.2, -0.15) is 0 Å². The Hall–Kier alpha value is 3.25. The summed E-state index contributed by atoms with van der Waals surface area (Å²) in [5, 5.41) is 0. The van der Waals surface area contributed by atoms with Crippen LogP contribution in [0.1, 0.15) is 0 Å². The molecular weight excluding hydrogens is 177 g/mol. The maximum absolute atomic E-state index is 0. The third-order valence-electron chi connectivity index (χ3n) is 0. The minimum atomic E-state index is 0. The van der Waals surface area contributed by atoms with Gasteiger partial charge >= 0.3 is 0 Å². The van der Waals surface area contributed by atoms with Crippen molar-refractivity contribution in [2.24, 2.45) is 0 Å². The molecule has 4 heteroatoms. The van der Waals surface area contributed by atoms with Gasteiger partial charge in [0.1, 0.15) is 0 Å². The quantitative estimate of drug-likeness (QED) is 0.426. The first kappa shape index (κ1) is 26.8. The summed E-state index contributed by atoms with van der Waals surface area (Å²) in [4.78, 5) is 0. The van der Waals surface area contributed by atoms with Crippen molar-refractivity contribution in [2.75, 3.05) is 0 Å². The molecule has 0 aliphatic rings. The molecule has 4 heavy (non-hydrogen) atoms. The molecule has 0 amide bonds. The van der Waals surface area contributed by atoms with Crippen molar-refractivity contribution in [1.29, 1.82) is 0 Å². The summed E-state index contributed by atoms with van der Waals surface area (Å²) in [5.74, 6) is 0. The predicted molar refractivity (Wildman–Crippen MR) is 11.5 cm³/mol. The van der Waals surface area contributed by atoms with Gasteiger partial charge in [-0.15, -0.1) is 0 Å². The van der Waals surface area contributed by atoms with Gasteiger partial charge in [0, 0.05) is 98.1 Å². The molecule has 0 heterocycles. The molecule has 6 valence electrons. The Labute approximate surface area is 96.0 Å². The summed E-state index contributed by atoms with van der Waals surface area (Å²) in [6.45, 7) is 0. The Bertz CT molecular complexity index is 4.00. The third kappa shape index (κ3) is 8.98. The molecule has 0 aliphatic carbocycles. The van der Waals surface area contributed by atoms with E-state index in [9.17, 15) is 0 Å². The zero-order valence-electron chi connectivity index (χ0n) is 3.41. The number of hydrogen-bond donors (Lipinski definition) is 0. The average Bonchev–Trinajstić information content (AvgIpc) is 0. The summed E-state index contributed by atoms with van der Waals surface area (Å²) in [6.07, 6.45) is 0. The molecule has 0 spiro atoms. The van der Waals surface area contributed by atoms with Crippen LogP contribution in [0.4, 0.5) is 0 Å². The van der Waals surface area contributed by atoms with Gasteiger partial charge in [0.15, 0.2) is 0 Å². The Morgan fingerprint density at radius 2 is 0.500 bits per heavy atom. The molecule has 0 nitrogen and oxygen atoms in total. The normalized spacial score (nSPS) is 0. The zero-order chi connectivity index (χ0) is 0. The van der Waals surface area contributed by atoms with Crippen LogP contribution in [0.3, 0.4) is 0 Å². The first-order chi connectivity index (χ1) is 0. The molecule has 2 radical (unpaired) electrons. The molecule has 0 saturated heterocycles. The second-order valence-corrected chi connectivity index (χ2v) is 0. The van der Waals surface area contributed by atoms with E-state index >= 15 is 0 Å². The van der Waals surface area contributed by atoms with Crippen LogP contribution >= 0.6 is 0 Å². The Morgan fingerprint density at radius 1 is 0.500 bits per heavy atom. The van der Waals surface area contributed by atoms with Crippen molar-refractivity contribution >= 4 is 59.1 Å². The smallest absolute Gasteiger partial charge is 0 e. The van der Waals surface area contributed by atoms with Crippen LogP contribution in [0.5, 0.6) is 0 Å². The largest absolute Gasteiger partial charge is 0 e. The molecular formula is Na2Zn2. The van der Waals surface area contributed by atoms with Crippen molar-refractivity contribution < 1.29 is 39.0 Å². The van der Waals surface area contributed by atoms with Gasteiger partial charge in [-0.05, 0) is 0 Å². The van der Waals surface area contributed by atoms with Crippen LogP contribution in [0.2, 0.25) is 0 Å². The molecule has 0 aromatic carbocycles. The number of hydrogen-bond acceptors (Lipinski definition) is 0. The molecule has 0 bridgehead atoms. The van der Waals surface area contributed by atoms with Gasteiger partial charge in [-0.25, -0.2) is 0 Å². The van der Waals surface area contributed by atoms with E-state index in [0.29, 0.717) is 0 Å². The van der Waals surface area contributed by atoms with Crippen molar-refractivity contribution in [3.05, 3.63) is 0 Å². The summed E-state index contributed by atoms with van der Waals surface area (Å²) in [6, 6.07) is 0. The molecule has 0 saturated carbocycles. The first-order valence-electron chi connectivity index (χ1n) is 0. The molecule has 0 aromatic rings. The van der Waals surface area contributed by atoms with E-state index in [1.165, 1.54) is 0 Å². The second-order valence-electron chi connectivity index (χ2n) is 0. The Balaban J connectivity index is 0. The van der Waals surface area contributed by atoms with Crippen LogP contribution in [-0.4, -0.2) is 59.1 Å². The Kier molecular flexibility index (Phi) is 109. The van der Waals surface area contributed by atoms with E-state index in [-0.39, 0.29) is 98.1 Å². The topological polar surface area (TPSA) is 0 Å². The van der Waals surface area contributed by atoms with Crippen molar-refractivity contribution in [2.45, 2.75) is 0 Å². The van der Waals surface area contributed by atoms with E-state index in [4.69, 9.17) is 0 Å². The fraction of sp³-hybridized carbons (Fsp3) is 0. The molecule has 0 rings (SSSR count). The minimum Gasteiger partial charge on any atom is 0 e. The number of rotatable bonds is 0. The first-order valence-corrected chi connectivity index (χ1v) is 0. The molecule has 0 atom stereocenters. The molecule has 0 N–H and O–H groups in total.